The molecule has 168 valence electrons. The van der Waals surface area contributed by atoms with E-state index in [9.17, 15) is 18.0 Å². The number of ether oxygens (including phenoxy) is 1. The van der Waals surface area contributed by atoms with Crippen molar-refractivity contribution in [2.24, 2.45) is 4.40 Å². The highest BCUT2D eigenvalue weighted by atomic mass is 32.2. The van der Waals surface area contributed by atoms with Crippen molar-refractivity contribution >= 4 is 39.1 Å². The molecule has 1 fully saturated rings. The van der Waals surface area contributed by atoms with Crippen molar-refractivity contribution in [2.75, 3.05) is 16.8 Å². The van der Waals surface area contributed by atoms with E-state index in [1.165, 1.54) is 19.1 Å². The van der Waals surface area contributed by atoms with E-state index in [1.807, 2.05) is 24.0 Å². The van der Waals surface area contributed by atoms with Crippen LogP contribution in [0.2, 0.25) is 0 Å². The molecule has 1 amide bonds. The van der Waals surface area contributed by atoms with Gasteiger partial charge >= 0.3 is 5.97 Å². The lowest BCUT2D eigenvalue weighted by Crippen LogP contribution is -2.35. The zero-order chi connectivity index (χ0) is 22.9. The lowest BCUT2D eigenvalue weighted by atomic mass is 10.1. The van der Waals surface area contributed by atoms with Gasteiger partial charge in [0.05, 0.1) is 11.3 Å². The number of hydrogen-bond donors (Lipinski definition) is 1. The minimum atomic E-state index is -3.92. The van der Waals surface area contributed by atoms with Gasteiger partial charge in [0.15, 0.2) is 6.10 Å². The molecule has 0 spiro atoms. The van der Waals surface area contributed by atoms with Gasteiger partial charge in [-0.05, 0) is 56.5 Å². The van der Waals surface area contributed by atoms with Crippen LogP contribution in [0.3, 0.4) is 0 Å². The number of hydrogen-bond acceptors (Lipinski definition) is 6. The first-order valence-corrected chi connectivity index (χ1v) is 12.0. The zero-order valence-electron chi connectivity index (χ0n) is 18.0. The van der Waals surface area contributed by atoms with Gasteiger partial charge in [-0.15, -0.1) is 4.40 Å². The molecule has 2 heterocycles. The molecule has 2 aromatic carbocycles. The lowest BCUT2D eigenvalue weighted by Gasteiger charge is -2.29. The highest BCUT2D eigenvalue weighted by Crippen LogP contribution is 2.35. The van der Waals surface area contributed by atoms with Gasteiger partial charge in [0.1, 0.15) is 10.7 Å². The summed E-state index contributed by atoms with van der Waals surface area (Å²) in [6.45, 7) is 4.01. The van der Waals surface area contributed by atoms with E-state index in [0.717, 1.165) is 24.8 Å². The number of carbonyl (C=O) groups excluding carboxylic acids is 2. The number of sulfonamides is 1. The van der Waals surface area contributed by atoms with Crippen LogP contribution in [-0.2, 0) is 19.6 Å². The average molecular weight is 456 g/mol. The van der Waals surface area contributed by atoms with Crippen LogP contribution >= 0.6 is 0 Å². The van der Waals surface area contributed by atoms with Gasteiger partial charge in [-0.1, -0.05) is 24.6 Å². The van der Waals surface area contributed by atoms with Crippen molar-refractivity contribution in [3.05, 3.63) is 53.6 Å². The van der Waals surface area contributed by atoms with Crippen LogP contribution in [0, 0.1) is 6.92 Å². The van der Waals surface area contributed by atoms with Gasteiger partial charge in [-0.25, -0.2) is 4.79 Å². The molecule has 1 atom stereocenters. The third-order valence-electron chi connectivity index (χ3n) is 5.64. The number of fused-ring (bicyclic) bond motifs is 3. The summed E-state index contributed by atoms with van der Waals surface area (Å²) in [5.41, 5.74) is 2.09. The maximum Gasteiger partial charge on any atom is 0.338 e. The molecule has 2 aromatic rings. The molecule has 4 rings (SSSR count). The zero-order valence-corrected chi connectivity index (χ0v) is 18.8. The quantitative estimate of drug-likeness (QED) is 0.706. The number of nitrogens with zero attached hydrogens (tertiary/aromatic N) is 2. The summed E-state index contributed by atoms with van der Waals surface area (Å²) in [5, 5.41) is 2.73. The van der Waals surface area contributed by atoms with E-state index in [2.05, 4.69) is 9.71 Å². The Hall–Kier alpha value is -3.20. The van der Waals surface area contributed by atoms with Crippen LogP contribution in [0.25, 0.3) is 0 Å². The van der Waals surface area contributed by atoms with E-state index >= 15 is 0 Å². The first-order valence-electron chi connectivity index (χ1n) is 10.6. The Bertz CT molecular complexity index is 1210. The predicted octanol–water partition coefficient (Wildman–Crippen LogP) is 3.66. The second kappa shape index (κ2) is 8.74. The fourth-order valence-electron chi connectivity index (χ4n) is 3.84. The Morgan fingerprint density at radius 1 is 1.12 bits per heavy atom. The molecule has 0 unspecified atom stereocenters. The Morgan fingerprint density at radius 3 is 2.69 bits per heavy atom. The monoisotopic (exact) mass is 455 g/mol. The first kappa shape index (κ1) is 22.0. The van der Waals surface area contributed by atoms with Crippen molar-refractivity contribution in [3.8, 4) is 0 Å². The number of aryl methyl sites for hydroxylation is 1. The molecular formula is C23H25N3O5S. The van der Waals surface area contributed by atoms with Crippen LogP contribution in [-0.4, -0.2) is 38.8 Å². The van der Waals surface area contributed by atoms with E-state index < -0.39 is 28.0 Å². The summed E-state index contributed by atoms with van der Waals surface area (Å²) in [6.07, 6.45) is 2.39. The summed E-state index contributed by atoms with van der Waals surface area (Å²) in [5.74, 6) is -0.704. The molecule has 2 aliphatic rings. The second-order valence-corrected chi connectivity index (χ2v) is 9.55. The van der Waals surface area contributed by atoms with Crippen LogP contribution < -0.4 is 10.2 Å². The SMILES string of the molecule is Cc1ccccc1NC(=O)[C@@H](C)OC(=O)c1ccc2c(c1)S(=O)(=O)N=C1CCCCCN12. The number of carbonyl (C=O) groups is 2. The van der Waals surface area contributed by atoms with Gasteiger partial charge < -0.3 is 15.0 Å². The molecule has 2 aliphatic heterocycles. The summed E-state index contributed by atoms with van der Waals surface area (Å²) in [6, 6.07) is 11.7. The van der Waals surface area contributed by atoms with Crippen LogP contribution in [0.15, 0.2) is 51.8 Å². The molecule has 1 N–H and O–H groups in total. The Kier molecular flexibility index (Phi) is 6.01. The van der Waals surface area contributed by atoms with Gasteiger partial charge in [0, 0.05) is 18.7 Å². The van der Waals surface area contributed by atoms with Crippen molar-refractivity contribution < 1.29 is 22.7 Å². The van der Waals surface area contributed by atoms with Gasteiger partial charge in [0.2, 0.25) is 0 Å². The minimum Gasteiger partial charge on any atom is -0.449 e. The maximum atomic E-state index is 12.8. The number of esters is 1. The van der Waals surface area contributed by atoms with Gasteiger partial charge in [0.25, 0.3) is 15.9 Å². The third kappa shape index (κ3) is 4.38. The molecule has 0 radical (unpaired) electrons. The van der Waals surface area contributed by atoms with Crippen LogP contribution in [0.5, 0.6) is 0 Å². The number of para-hydroxylation sites is 1. The molecule has 8 nitrogen and oxygen atoms in total. The van der Waals surface area contributed by atoms with E-state index in [4.69, 9.17) is 4.74 Å². The molecule has 0 aromatic heterocycles. The average Bonchev–Trinajstić information content (AvgIpc) is 3.00. The number of anilines is 2. The fraction of sp³-hybridized carbons (Fsp3) is 0.348. The minimum absolute atomic E-state index is 0.0189. The first-order chi connectivity index (χ1) is 15.3. The standard InChI is InChI=1S/C23H25N3O5S/c1-15-8-5-6-9-18(15)24-22(27)16(2)31-23(28)17-11-12-19-20(14-17)32(29,30)25-21-10-4-3-7-13-26(19)21/h5-6,8-9,11-12,14,16H,3-4,7,10,13H2,1-2H3,(H,24,27)/t16-/m1/s1. The van der Waals surface area contributed by atoms with E-state index in [-0.39, 0.29) is 10.5 Å². The smallest absolute Gasteiger partial charge is 0.338 e. The number of amidine groups is 1. The number of benzene rings is 2. The summed E-state index contributed by atoms with van der Waals surface area (Å²) >= 11 is 0. The van der Waals surface area contributed by atoms with Crippen molar-refractivity contribution in [2.45, 2.75) is 50.5 Å². The van der Waals surface area contributed by atoms with Crippen molar-refractivity contribution in [1.82, 2.24) is 0 Å². The van der Waals surface area contributed by atoms with Crippen LogP contribution in [0.1, 0.15) is 48.5 Å². The lowest BCUT2D eigenvalue weighted by molar-refractivity contribution is -0.123. The molecule has 0 bridgehead atoms. The fourth-order valence-corrected chi connectivity index (χ4v) is 5.12. The van der Waals surface area contributed by atoms with Crippen LogP contribution in [0.4, 0.5) is 11.4 Å². The molecule has 32 heavy (non-hydrogen) atoms. The molecule has 0 aliphatic carbocycles. The van der Waals surface area contributed by atoms with E-state index in [0.29, 0.717) is 30.2 Å². The maximum absolute atomic E-state index is 12.8. The summed E-state index contributed by atoms with van der Waals surface area (Å²) in [4.78, 5) is 27.0. The van der Waals surface area contributed by atoms with Crippen molar-refractivity contribution in [1.29, 1.82) is 0 Å². The second-order valence-electron chi connectivity index (χ2n) is 7.98. The highest BCUT2D eigenvalue weighted by molar-refractivity contribution is 7.90. The summed E-state index contributed by atoms with van der Waals surface area (Å²) in [7, 11) is -3.92. The number of rotatable bonds is 4. The normalized spacial score (nSPS) is 17.8. The molecule has 1 saturated heterocycles. The topological polar surface area (TPSA) is 105 Å². The largest absolute Gasteiger partial charge is 0.449 e. The third-order valence-corrected chi connectivity index (χ3v) is 6.97. The Balaban J connectivity index is 1.52. The van der Waals surface area contributed by atoms with Gasteiger partial charge in [-0.2, -0.15) is 8.42 Å². The number of nitrogens with one attached hydrogen (secondary N) is 1. The van der Waals surface area contributed by atoms with Gasteiger partial charge in [-0.3, -0.25) is 4.79 Å². The molecular weight excluding hydrogens is 430 g/mol. The highest BCUT2D eigenvalue weighted by Gasteiger charge is 2.32. The molecule has 9 heteroatoms. The summed E-state index contributed by atoms with van der Waals surface area (Å²) < 4.78 is 34.8. The predicted molar refractivity (Wildman–Crippen MR) is 122 cm³/mol. The Morgan fingerprint density at radius 2 is 1.91 bits per heavy atom. The van der Waals surface area contributed by atoms with E-state index in [1.54, 1.807) is 18.2 Å². The number of amides is 1. The Labute approximate surface area is 187 Å². The van der Waals surface area contributed by atoms with Crippen molar-refractivity contribution in [3.63, 3.8) is 0 Å². The molecule has 0 saturated carbocycles.